The van der Waals surface area contributed by atoms with Crippen LogP contribution in [-0.4, -0.2) is 76.4 Å². The maximum absolute atomic E-state index is 13.1. The van der Waals surface area contributed by atoms with E-state index in [2.05, 4.69) is 17.6 Å². The van der Waals surface area contributed by atoms with Crippen molar-refractivity contribution >= 4 is 17.8 Å². The summed E-state index contributed by atoms with van der Waals surface area (Å²) in [5.41, 5.74) is 0. The van der Waals surface area contributed by atoms with Gasteiger partial charge in [-0.1, -0.05) is 98.3 Å². The zero-order chi connectivity index (χ0) is 29.9. The van der Waals surface area contributed by atoms with Crippen LogP contribution in [0.3, 0.4) is 0 Å². The van der Waals surface area contributed by atoms with Gasteiger partial charge in [-0.2, -0.15) is 0 Å². The number of carbonyl (C=O) groups excluding carboxylic acids is 3. The van der Waals surface area contributed by atoms with E-state index >= 15 is 0 Å². The Bertz CT molecular complexity index is 720. The molecule has 1 heterocycles. The van der Waals surface area contributed by atoms with E-state index in [4.69, 9.17) is 9.47 Å². The SMILES string of the molecule is CCCCCCCCCCCCCCC(=O)N[C@@H](C(=O)O[C@H]1O[C@H](CO)[C@@H](O)[C@H](O)[C@H]1NC(=O)CCC)C(C)C. The van der Waals surface area contributed by atoms with Crippen LogP contribution in [0.2, 0.25) is 0 Å². The number of nitrogens with one attached hydrogen (secondary N) is 2. The number of ether oxygens (including phenoxy) is 2. The molecule has 6 atom stereocenters. The van der Waals surface area contributed by atoms with Crippen LogP contribution < -0.4 is 10.6 Å². The minimum atomic E-state index is -1.53. The molecule has 0 unspecified atom stereocenters. The van der Waals surface area contributed by atoms with Gasteiger partial charge >= 0.3 is 5.97 Å². The van der Waals surface area contributed by atoms with Crippen molar-refractivity contribution in [2.24, 2.45) is 5.92 Å². The molecule has 0 aromatic heterocycles. The molecule has 5 N–H and O–H groups in total. The maximum Gasteiger partial charge on any atom is 0.331 e. The third-order valence-corrected chi connectivity index (χ3v) is 7.41. The third-order valence-electron chi connectivity index (χ3n) is 7.41. The quantitative estimate of drug-likeness (QED) is 0.103. The zero-order valence-electron chi connectivity index (χ0n) is 25.2. The van der Waals surface area contributed by atoms with Crippen LogP contribution >= 0.6 is 0 Å². The van der Waals surface area contributed by atoms with E-state index in [9.17, 15) is 29.7 Å². The lowest BCUT2D eigenvalue weighted by atomic mass is 9.96. The highest BCUT2D eigenvalue weighted by Gasteiger charge is 2.47. The lowest BCUT2D eigenvalue weighted by Crippen LogP contribution is -2.65. The molecule has 0 spiro atoms. The molecule has 1 fully saturated rings. The first-order valence-electron chi connectivity index (χ1n) is 15.6. The first kappa shape index (κ1) is 36.3. The van der Waals surface area contributed by atoms with Crippen LogP contribution in [0.25, 0.3) is 0 Å². The van der Waals surface area contributed by atoms with Crippen molar-refractivity contribution in [3.05, 3.63) is 0 Å². The van der Waals surface area contributed by atoms with Gasteiger partial charge in [-0.05, 0) is 18.8 Å². The molecule has 0 bridgehead atoms. The molecule has 1 aliphatic rings. The first-order chi connectivity index (χ1) is 19.2. The summed E-state index contributed by atoms with van der Waals surface area (Å²) < 4.78 is 11.0. The highest BCUT2D eigenvalue weighted by atomic mass is 16.7. The number of carbonyl (C=O) groups is 3. The van der Waals surface area contributed by atoms with Crippen molar-refractivity contribution in [3.63, 3.8) is 0 Å². The summed E-state index contributed by atoms with van der Waals surface area (Å²) in [7, 11) is 0. The summed E-state index contributed by atoms with van der Waals surface area (Å²) in [4.78, 5) is 37.8. The third kappa shape index (κ3) is 13.7. The van der Waals surface area contributed by atoms with Crippen LogP contribution in [0.15, 0.2) is 0 Å². The Morgan fingerprint density at radius 1 is 0.775 bits per heavy atom. The predicted octanol–water partition coefficient (Wildman–Crippen LogP) is 3.49. The fourth-order valence-electron chi connectivity index (χ4n) is 4.88. The van der Waals surface area contributed by atoms with Crippen molar-refractivity contribution in [2.75, 3.05) is 6.61 Å². The van der Waals surface area contributed by atoms with Crippen molar-refractivity contribution in [2.45, 2.75) is 161 Å². The average Bonchev–Trinajstić information content (AvgIpc) is 2.91. The largest absolute Gasteiger partial charge is 0.432 e. The van der Waals surface area contributed by atoms with Gasteiger partial charge in [-0.15, -0.1) is 0 Å². The monoisotopic (exact) mass is 572 g/mol. The second kappa shape index (κ2) is 21.0. The van der Waals surface area contributed by atoms with Crippen molar-refractivity contribution < 1.29 is 39.2 Å². The van der Waals surface area contributed by atoms with Gasteiger partial charge in [0.05, 0.1) is 6.61 Å². The number of unbranched alkanes of at least 4 members (excludes halogenated alkanes) is 11. The van der Waals surface area contributed by atoms with E-state index < -0.39 is 55.2 Å². The molecule has 234 valence electrons. The van der Waals surface area contributed by atoms with Gasteiger partial charge in [-0.25, -0.2) is 4.79 Å². The summed E-state index contributed by atoms with van der Waals surface area (Å²) in [5, 5.41) is 35.6. The molecular formula is C30H56N2O8. The second-order valence-electron chi connectivity index (χ2n) is 11.4. The van der Waals surface area contributed by atoms with E-state index in [0.717, 1.165) is 19.3 Å². The zero-order valence-corrected chi connectivity index (χ0v) is 25.2. The van der Waals surface area contributed by atoms with Crippen LogP contribution in [0.4, 0.5) is 0 Å². The lowest BCUT2D eigenvalue weighted by molar-refractivity contribution is -0.264. The van der Waals surface area contributed by atoms with Gasteiger partial charge in [0.1, 0.15) is 30.4 Å². The first-order valence-corrected chi connectivity index (χ1v) is 15.6. The Balaban J connectivity index is 2.51. The molecule has 40 heavy (non-hydrogen) atoms. The molecule has 1 saturated heterocycles. The molecule has 2 amide bonds. The topological polar surface area (TPSA) is 154 Å². The molecule has 1 rings (SSSR count). The van der Waals surface area contributed by atoms with Crippen LogP contribution in [0, 0.1) is 5.92 Å². The molecule has 10 heteroatoms. The average molecular weight is 573 g/mol. The van der Waals surface area contributed by atoms with E-state index in [0.29, 0.717) is 12.8 Å². The molecular weight excluding hydrogens is 516 g/mol. The number of esters is 1. The Morgan fingerprint density at radius 3 is 1.82 bits per heavy atom. The van der Waals surface area contributed by atoms with Gasteiger partial charge < -0.3 is 35.4 Å². The summed E-state index contributed by atoms with van der Waals surface area (Å²) in [6.07, 6.45) is 9.76. The van der Waals surface area contributed by atoms with Gasteiger partial charge in [0.2, 0.25) is 18.1 Å². The molecule has 0 aliphatic carbocycles. The van der Waals surface area contributed by atoms with E-state index in [1.165, 1.54) is 57.8 Å². The Hall–Kier alpha value is -1.75. The fourth-order valence-corrected chi connectivity index (χ4v) is 4.88. The number of rotatable bonds is 21. The molecule has 1 aliphatic heterocycles. The summed E-state index contributed by atoms with van der Waals surface area (Å²) in [6.45, 7) is 6.97. The van der Waals surface area contributed by atoms with E-state index in [1.54, 1.807) is 13.8 Å². The number of aliphatic hydroxyl groups is 3. The Kier molecular flexibility index (Phi) is 19.1. The number of aliphatic hydroxyl groups excluding tert-OH is 3. The van der Waals surface area contributed by atoms with Crippen molar-refractivity contribution in [1.29, 1.82) is 0 Å². The van der Waals surface area contributed by atoms with Crippen LogP contribution in [-0.2, 0) is 23.9 Å². The smallest absolute Gasteiger partial charge is 0.331 e. The van der Waals surface area contributed by atoms with Gasteiger partial charge in [0.15, 0.2) is 0 Å². The van der Waals surface area contributed by atoms with Gasteiger partial charge in [0.25, 0.3) is 0 Å². The Labute approximate surface area is 241 Å². The number of hydrogen-bond acceptors (Lipinski definition) is 8. The van der Waals surface area contributed by atoms with Crippen molar-refractivity contribution in [3.8, 4) is 0 Å². The van der Waals surface area contributed by atoms with E-state index in [1.807, 2.05) is 6.92 Å². The number of amides is 2. The lowest BCUT2D eigenvalue weighted by Gasteiger charge is -2.42. The summed E-state index contributed by atoms with van der Waals surface area (Å²) >= 11 is 0. The van der Waals surface area contributed by atoms with Gasteiger partial charge in [0, 0.05) is 12.8 Å². The molecule has 10 nitrogen and oxygen atoms in total. The Morgan fingerprint density at radius 2 is 1.32 bits per heavy atom. The standard InChI is InChI=1S/C30H56N2O8/c1-5-7-8-9-10-11-12-13-14-15-16-17-19-24(35)31-25(21(3)4)29(38)40-30-26(32-23(34)18-6-2)28(37)27(36)22(20-33)39-30/h21-22,25-28,30,33,36-37H,5-20H2,1-4H3,(H,31,35)(H,32,34)/t22-,25-,26-,27-,28-,30-/m1/s1. The van der Waals surface area contributed by atoms with Crippen LogP contribution in [0.1, 0.15) is 124 Å². The second-order valence-corrected chi connectivity index (χ2v) is 11.4. The summed E-state index contributed by atoms with van der Waals surface area (Å²) in [6, 6.07) is -2.19. The predicted molar refractivity (Wildman–Crippen MR) is 153 cm³/mol. The summed E-state index contributed by atoms with van der Waals surface area (Å²) in [5.74, 6) is -1.72. The minimum absolute atomic E-state index is 0.174. The molecule has 0 aromatic carbocycles. The normalized spacial score (nSPS) is 23.6. The fraction of sp³-hybridized carbons (Fsp3) is 0.900. The highest BCUT2D eigenvalue weighted by Crippen LogP contribution is 2.23. The molecule has 0 radical (unpaired) electrons. The molecule has 0 saturated carbocycles. The van der Waals surface area contributed by atoms with E-state index in [-0.39, 0.29) is 18.2 Å². The molecule has 0 aromatic rings. The van der Waals surface area contributed by atoms with Gasteiger partial charge in [-0.3, -0.25) is 9.59 Å². The van der Waals surface area contributed by atoms with Crippen molar-refractivity contribution in [1.82, 2.24) is 10.6 Å². The number of hydrogen-bond donors (Lipinski definition) is 5. The van der Waals surface area contributed by atoms with Crippen LogP contribution in [0.5, 0.6) is 0 Å². The maximum atomic E-state index is 13.1. The minimum Gasteiger partial charge on any atom is -0.432 e. The highest BCUT2D eigenvalue weighted by molar-refractivity contribution is 5.84.